The SMILES string of the molecule is CCOCCCn1cc(C(=O)O)c(=O)cc1C. The number of aromatic nitrogens is 1. The van der Waals surface area contributed by atoms with Gasteiger partial charge in [-0.2, -0.15) is 0 Å². The van der Waals surface area contributed by atoms with E-state index in [1.54, 1.807) is 11.5 Å². The molecule has 1 aromatic heterocycles. The molecular weight excluding hydrogens is 222 g/mol. The maximum absolute atomic E-state index is 11.4. The summed E-state index contributed by atoms with van der Waals surface area (Å²) < 4.78 is 6.97. The molecule has 0 saturated carbocycles. The van der Waals surface area contributed by atoms with Crippen molar-refractivity contribution in [2.45, 2.75) is 26.8 Å². The summed E-state index contributed by atoms with van der Waals surface area (Å²) in [6, 6.07) is 1.35. The highest BCUT2D eigenvalue weighted by Gasteiger charge is 2.10. The Kier molecular flexibility index (Phi) is 4.90. The fraction of sp³-hybridized carbons (Fsp3) is 0.500. The highest BCUT2D eigenvalue weighted by Crippen LogP contribution is 2.01. The van der Waals surface area contributed by atoms with Crippen LogP contribution in [-0.2, 0) is 11.3 Å². The van der Waals surface area contributed by atoms with Crippen molar-refractivity contribution >= 4 is 5.97 Å². The third-order valence-corrected chi connectivity index (χ3v) is 2.47. The van der Waals surface area contributed by atoms with Crippen molar-refractivity contribution in [1.82, 2.24) is 4.57 Å². The fourth-order valence-corrected chi connectivity index (χ4v) is 1.55. The van der Waals surface area contributed by atoms with E-state index in [0.717, 1.165) is 12.1 Å². The summed E-state index contributed by atoms with van der Waals surface area (Å²) in [5.74, 6) is -1.19. The summed E-state index contributed by atoms with van der Waals surface area (Å²) in [5, 5.41) is 8.85. The van der Waals surface area contributed by atoms with Gasteiger partial charge in [0, 0.05) is 37.7 Å². The van der Waals surface area contributed by atoms with E-state index >= 15 is 0 Å². The van der Waals surface area contributed by atoms with Gasteiger partial charge < -0.3 is 14.4 Å². The molecule has 0 aliphatic rings. The van der Waals surface area contributed by atoms with Crippen LogP contribution in [-0.4, -0.2) is 28.9 Å². The molecule has 1 heterocycles. The van der Waals surface area contributed by atoms with Gasteiger partial charge in [0.1, 0.15) is 5.56 Å². The zero-order chi connectivity index (χ0) is 12.8. The standard InChI is InChI=1S/C12H17NO4/c1-3-17-6-4-5-13-8-10(12(15)16)11(14)7-9(13)2/h7-8H,3-6H2,1-2H3,(H,15,16). The van der Waals surface area contributed by atoms with Gasteiger partial charge in [0.25, 0.3) is 0 Å². The van der Waals surface area contributed by atoms with Crippen molar-refractivity contribution in [3.8, 4) is 0 Å². The van der Waals surface area contributed by atoms with Crippen molar-refractivity contribution in [3.63, 3.8) is 0 Å². The first kappa shape index (κ1) is 13.4. The molecule has 0 aromatic carbocycles. The van der Waals surface area contributed by atoms with Crippen LogP contribution in [0.4, 0.5) is 0 Å². The number of carbonyl (C=O) groups is 1. The molecule has 17 heavy (non-hydrogen) atoms. The quantitative estimate of drug-likeness (QED) is 0.759. The number of hydrogen-bond acceptors (Lipinski definition) is 3. The number of pyridine rings is 1. The van der Waals surface area contributed by atoms with Crippen molar-refractivity contribution in [3.05, 3.63) is 33.7 Å². The number of carboxylic acid groups (broad SMARTS) is 1. The lowest BCUT2D eigenvalue weighted by Gasteiger charge is -2.11. The summed E-state index contributed by atoms with van der Waals surface area (Å²) in [5.41, 5.74) is 0.125. The predicted molar refractivity (Wildman–Crippen MR) is 63.5 cm³/mol. The lowest BCUT2D eigenvalue weighted by Crippen LogP contribution is -2.19. The molecule has 0 aliphatic carbocycles. The Morgan fingerprint density at radius 2 is 2.24 bits per heavy atom. The molecule has 0 fully saturated rings. The zero-order valence-electron chi connectivity index (χ0n) is 10.1. The van der Waals surface area contributed by atoms with Crippen LogP contribution >= 0.6 is 0 Å². The van der Waals surface area contributed by atoms with Crippen LogP contribution in [0, 0.1) is 6.92 Å². The molecule has 1 rings (SSSR count). The second kappa shape index (κ2) is 6.20. The van der Waals surface area contributed by atoms with Crippen molar-refractivity contribution in [2.75, 3.05) is 13.2 Å². The van der Waals surface area contributed by atoms with E-state index in [1.807, 2.05) is 6.92 Å². The molecule has 1 N–H and O–H groups in total. The predicted octanol–water partition coefficient (Wildman–Crippen LogP) is 1.28. The summed E-state index contributed by atoms with van der Waals surface area (Å²) in [6.45, 7) is 5.65. The Morgan fingerprint density at radius 3 is 2.82 bits per heavy atom. The molecule has 0 spiro atoms. The molecule has 0 aliphatic heterocycles. The first-order chi connectivity index (χ1) is 8.06. The van der Waals surface area contributed by atoms with Gasteiger partial charge >= 0.3 is 5.97 Å². The van der Waals surface area contributed by atoms with Gasteiger partial charge in [-0.25, -0.2) is 4.79 Å². The van der Waals surface area contributed by atoms with Gasteiger partial charge in [0.15, 0.2) is 5.43 Å². The maximum atomic E-state index is 11.4. The third-order valence-electron chi connectivity index (χ3n) is 2.47. The van der Waals surface area contributed by atoms with Gasteiger partial charge in [-0.3, -0.25) is 4.79 Å². The van der Waals surface area contributed by atoms with Crippen LogP contribution in [0.3, 0.4) is 0 Å². The summed E-state index contributed by atoms with van der Waals surface area (Å²) in [6.07, 6.45) is 2.18. The van der Waals surface area contributed by atoms with Gasteiger partial charge in [-0.05, 0) is 20.3 Å². The molecule has 0 radical (unpaired) electrons. The number of aromatic carboxylic acids is 1. The Morgan fingerprint density at radius 1 is 1.53 bits per heavy atom. The largest absolute Gasteiger partial charge is 0.477 e. The molecule has 0 amide bonds. The second-order valence-corrected chi connectivity index (χ2v) is 3.74. The lowest BCUT2D eigenvalue weighted by molar-refractivity contribution is 0.0694. The first-order valence-corrected chi connectivity index (χ1v) is 5.58. The lowest BCUT2D eigenvalue weighted by atomic mass is 10.2. The van der Waals surface area contributed by atoms with E-state index in [4.69, 9.17) is 9.84 Å². The van der Waals surface area contributed by atoms with E-state index in [9.17, 15) is 9.59 Å². The van der Waals surface area contributed by atoms with Gasteiger partial charge in [0.05, 0.1) is 0 Å². The van der Waals surface area contributed by atoms with E-state index in [0.29, 0.717) is 19.8 Å². The minimum absolute atomic E-state index is 0.188. The molecule has 5 nitrogen and oxygen atoms in total. The van der Waals surface area contributed by atoms with Crippen LogP contribution in [0.2, 0.25) is 0 Å². The molecule has 0 bridgehead atoms. The Hall–Kier alpha value is -1.62. The number of aryl methyl sites for hydroxylation is 2. The van der Waals surface area contributed by atoms with Crippen molar-refractivity contribution < 1.29 is 14.6 Å². The number of rotatable bonds is 6. The molecule has 94 valence electrons. The van der Waals surface area contributed by atoms with Crippen molar-refractivity contribution in [2.24, 2.45) is 0 Å². The van der Waals surface area contributed by atoms with Crippen LogP contribution < -0.4 is 5.43 Å². The molecular formula is C12H17NO4. The first-order valence-electron chi connectivity index (χ1n) is 5.58. The highest BCUT2D eigenvalue weighted by atomic mass is 16.5. The molecule has 1 aromatic rings. The smallest absolute Gasteiger partial charge is 0.341 e. The average molecular weight is 239 g/mol. The van der Waals surface area contributed by atoms with Crippen LogP contribution in [0.5, 0.6) is 0 Å². The normalized spacial score (nSPS) is 10.5. The molecule has 0 atom stereocenters. The third kappa shape index (κ3) is 3.71. The number of ether oxygens (including phenoxy) is 1. The van der Waals surface area contributed by atoms with Gasteiger partial charge in [-0.1, -0.05) is 0 Å². The van der Waals surface area contributed by atoms with Gasteiger partial charge in [0.2, 0.25) is 0 Å². The second-order valence-electron chi connectivity index (χ2n) is 3.74. The average Bonchev–Trinajstić information content (AvgIpc) is 2.26. The minimum Gasteiger partial charge on any atom is -0.477 e. The zero-order valence-corrected chi connectivity index (χ0v) is 10.1. The minimum atomic E-state index is -1.19. The van der Waals surface area contributed by atoms with Crippen LogP contribution in [0.25, 0.3) is 0 Å². The highest BCUT2D eigenvalue weighted by molar-refractivity contribution is 5.87. The summed E-state index contributed by atoms with van der Waals surface area (Å²) >= 11 is 0. The number of hydrogen-bond donors (Lipinski definition) is 1. The van der Waals surface area contributed by atoms with Crippen molar-refractivity contribution in [1.29, 1.82) is 0 Å². The number of carboxylic acids is 1. The summed E-state index contributed by atoms with van der Waals surface area (Å²) in [7, 11) is 0. The molecule has 5 heteroatoms. The van der Waals surface area contributed by atoms with E-state index in [2.05, 4.69) is 0 Å². The van der Waals surface area contributed by atoms with Crippen LogP contribution in [0.1, 0.15) is 29.4 Å². The summed E-state index contributed by atoms with van der Waals surface area (Å²) in [4.78, 5) is 22.2. The number of nitrogens with zero attached hydrogens (tertiary/aromatic N) is 1. The Bertz CT molecular complexity index is 450. The fourth-order valence-electron chi connectivity index (χ4n) is 1.55. The van der Waals surface area contributed by atoms with Gasteiger partial charge in [-0.15, -0.1) is 0 Å². The maximum Gasteiger partial charge on any atom is 0.341 e. The monoisotopic (exact) mass is 239 g/mol. The molecule has 0 saturated heterocycles. The topological polar surface area (TPSA) is 68.5 Å². The Balaban J connectivity index is 2.81. The van der Waals surface area contributed by atoms with E-state index < -0.39 is 11.4 Å². The van der Waals surface area contributed by atoms with E-state index in [-0.39, 0.29) is 5.56 Å². The molecule has 0 unspecified atom stereocenters. The van der Waals surface area contributed by atoms with Crippen LogP contribution in [0.15, 0.2) is 17.1 Å². The Labute approximate surface area is 99.6 Å². The van der Waals surface area contributed by atoms with E-state index in [1.165, 1.54) is 12.3 Å².